The van der Waals surface area contributed by atoms with Crippen LogP contribution in [0.3, 0.4) is 0 Å². The van der Waals surface area contributed by atoms with E-state index in [1.54, 1.807) is 19.2 Å². The number of hydrogen-bond acceptors (Lipinski definition) is 9. The van der Waals surface area contributed by atoms with Gasteiger partial charge in [0.25, 0.3) is 0 Å². The normalized spacial score (nSPS) is 13.7. The van der Waals surface area contributed by atoms with Crippen LogP contribution in [0.4, 0.5) is 0 Å². The minimum Gasteiger partial charge on any atom is -0.488 e. The van der Waals surface area contributed by atoms with Gasteiger partial charge in [-0.2, -0.15) is 0 Å². The third kappa shape index (κ3) is 7.78. The summed E-state index contributed by atoms with van der Waals surface area (Å²) in [5.74, 6) is 1.67. The van der Waals surface area contributed by atoms with Crippen LogP contribution in [0, 0.1) is 0 Å². The summed E-state index contributed by atoms with van der Waals surface area (Å²) in [5.41, 5.74) is 1.97. The van der Waals surface area contributed by atoms with Gasteiger partial charge in [0.15, 0.2) is 14.9 Å². The van der Waals surface area contributed by atoms with Gasteiger partial charge < -0.3 is 29.0 Å². The first-order chi connectivity index (χ1) is 17.7. The Kier molecular flexibility index (Phi) is 9.67. The highest BCUT2D eigenvalue weighted by molar-refractivity contribution is 7.90. The Hall–Kier alpha value is -3.41. The molecule has 0 bridgehead atoms. The second-order valence-corrected chi connectivity index (χ2v) is 10.3. The van der Waals surface area contributed by atoms with E-state index < -0.39 is 9.84 Å². The molecule has 1 unspecified atom stereocenters. The van der Waals surface area contributed by atoms with Crippen molar-refractivity contribution in [3.05, 3.63) is 54.4 Å². The van der Waals surface area contributed by atoms with Crippen molar-refractivity contribution in [1.29, 1.82) is 0 Å². The standard InChI is InChI=1S/C26H33N3O7S/c1-6-18(15-30)35-24(7-2)22-10-9-21(28-22)23-12-20(34-17(3)16-33-4)13-25(29-23)36-19-8-11-26(27-14-19)37(5,31)32/h7-14,17-18,28,30H,6,15-16H2,1-5H3/b24-7+/t17-,18?/m0/s1. The van der Waals surface area contributed by atoms with E-state index in [2.05, 4.69) is 15.0 Å². The number of H-pyrrole nitrogens is 1. The van der Waals surface area contributed by atoms with Crippen LogP contribution in [0.15, 0.2) is 53.7 Å². The molecule has 3 aromatic heterocycles. The van der Waals surface area contributed by atoms with E-state index >= 15 is 0 Å². The van der Waals surface area contributed by atoms with Crippen LogP contribution < -0.4 is 9.47 Å². The molecule has 0 saturated carbocycles. The maximum absolute atomic E-state index is 11.7. The number of rotatable bonds is 13. The summed E-state index contributed by atoms with van der Waals surface area (Å²) in [4.78, 5) is 11.9. The van der Waals surface area contributed by atoms with Gasteiger partial charge in [0.2, 0.25) is 5.88 Å². The van der Waals surface area contributed by atoms with Gasteiger partial charge in [-0.1, -0.05) is 6.92 Å². The third-order valence-corrected chi connectivity index (χ3v) is 6.27. The fraction of sp³-hybridized carbons (Fsp3) is 0.385. The van der Waals surface area contributed by atoms with Crippen LogP contribution >= 0.6 is 0 Å². The number of pyridine rings is 2. The van der Waals surface area contributed by atoms with Gasteiger partial charge in [-0.3, -0.25) is 0 Å². The SMILES string of the molecule is C/C=C(/OC(CC)CO)c1ccc(-c2cc(O[C@@H](C)COC)cc(Oc3ccc(S(C)(=O)=O)nc3)n2)[nH]1. The topological polar surface area (TPSA) is 133 Å². The van der Waals surface area contributed by atoms with Crippen LogP contribution in [-0.4, -0.2) is 67.3 Å². The lowest BCUT2D eigenvalue weighted by atomic mass is 10.2. The average Bonchev–Trinajstić information content (AvgIpc) is 3.35. The van der Waals surface area contributed by atoms with Crippen molar-refractivity contribution in [1.82, 2.24) is 15.0 Å². The van der Waals surface area contributed by atoms with Gasteiger partial charge in [0.05, 0.1) is 36.5 Å². The van der Waals surface area contributed by atoms with E-state index in [1.807, 2.05) is 39.0 Å². The first kappa shape index (κ1) is 28.2. The Morgan fingerprint density at radius 3 is 2.57 bits per heavy atom. The maximum Gasteiger partial charge on any atom is 0.223 e. The number of aliphatic hydroxyl groups excluding tert-OH is 1. The molecule has 0 aromatic carbocycles. The summed E-state index contributed by atoms with van der Waals surface area (Å²) in [6.07, 6.45) is 4.38. The van der Waals surface area contributed by atoms with Crippen molar-refractivity contribution < 1.29 is 32.5 Å². The quantitative estimate of drug-likeness (QED) is 0.311. The van der Waals surface area contributed by atoms with Gasteiger partial charge in [-0.25, -0.2) is 18.4 Å². The highest BCUT2D eigenvalue weighted by atomic mass is 32.2. The minimum absolute atomic E-state index is 0.0496. The number of methoxy groups -OCH3 is 1. The molecule has 37 heavy (non-hydrogen) atoms. The molecule has 2 atom stereocenters. The highest BCUT2D eigenvalue weighted by Gasteiger charge is 2.16. The molecule has 0 aliphatic carbocycles. The lowest BCUT2D eigenvalue weighted by Gasteiger charge is -2.17. The number of aromatic amines is 1. The van der Waals surface area contributed by atoms with Gasteiger partial charge >= 0.3 is 0 Å². The maximum atomic E-state index is 11.7. The first-order valence-electron chi connectivity index (χ1n) is 11.8. The molecule has 0 amide bonds. The number of aromatic nitrogens is 3. The largest absolute Gasteiger partial charge is 0.488 e. The molecular weight excluding hydrogens is 498 g/mol. The summed E-state index contributed by atoms with van der Waals surface area (Å²) >= 11 is 0. The molecule has 0 radical (unpaired) electrons. The number of aliphatic hydroxyl groups is 1. The highest BCUT2D eigenvalue weighted by Crippen LogP contribution is 2.31. The van der Waals surface area contributed by atoms with E-state index in [9.17, 15) is 13.5 Å². The van der Waals surface area contributed by atoms with Crippen molar-refractivity contribution >= 4 is 15.6 Å². The molecule has 3 aromatic rings. The average molecular weight is 532 g/mol. The zero-order valence-electron chi connectivity index (χ0n) is 21.6. The van der Waals surface area contributed by atoms with Crippen LogP contribution in [0.5, 0.6) is 17.4 Å². The number of sulfone groups is 1. The second-order valence-electron chi connectivity index (χ2n) is 8.39. The molecule has 0 fully saturated rings. The molecule has 0 aliphatic rings. The summed E-state index contributed by atoms with van der Waals surface area (Å²) in [6, 6.07) is 10.0. The van der Waals surface area contributed by atoms with Crippen molar-refractivity contribution in [3.63, 3.8) is 0 Å². The van der Waals surface area contributed by atoms with Gasteiger partial charge in [0, 0.05) is 25.5 Å². The monoisotopic (exact) mass is 531 g/mol. The molecule has 0 saturated heterocycles. The Morgan fingerprint density at radius 1 is 1.19 bits per heavy atom. The Bertz CT molecular complexity index is 1300. The molecule has 3 rings (SSSR count). The molecule has 11 heteroatoms. The van der Waals surface area contributed by atoms with Crippen LogP contribution in [0.25, 0.3) is 17.1 Å². The summed E-state index contributed by atoms with van der Waals surface area (Å²) in [7, 11) is -1.83. The molecule has 200 valence electrons. The third-order valence-electron chi connectivity index (χ3n) is 5.27. The van der Waals surface area contributed by atoms with Gasteiger partial charge in [-0.05, 0) is 50.6 Å². The molecule has 2 N–H and O–H groups in total. The van der Waals surface area contributed by atoms with Crippen LogP contribution in [-0.2, 0) is 19.3 Å². The van der Waals surface area contributed by atoms with E-state index in [-0.39, 0.29) is 29.7 Å². The number of ether oxygens (including phenoxy) is 4. The van der Waals surface area contributed by atoms with E-state index in [4.69, 9.17) is 18.9 Å². The first-order valence-corrected chi connectivity index (χ1v) is 13.7. The number of hydrogen-bond donors (Lipinski definition) is 2. The van der Waals surface area contributed by atoms with Crippen molar-refractivity contribution in [2.75, 3.05) is 26.6 Å². The molecule has 10 nitrogen and oxygen atoms in total. The lowest BCUT2D eigenvalue weighted by Crippen LogP contribution is -2.18. The lowest BCUT2D eigenvalue weighted by molar-refractivity contribution is 0.0890. The Balaban J connectivity index is 1.93. The number of nitrogens with zero attached hydrogens (tertiary/aromatic N) is 2. The summed E-state index contributed by atoms with van der Waals surface area (Å²) < 4.78 is 46.4. The van der Waals surface area contributed by atoms with Gasteiger partial charge in [0.1, 0.15) is 29.5 Å². The van der Waals surface area contributed by atoms with E-state index in [0.717, 1.165) is 11.9 Å². The predicted octanol–water partition coefficient (Wildman–Crippen LogP) is 4.23. The number of nitrogens with one attached hydrogen (secondary N) is 1. The fourth-order valence-electron chi connectivity index (χ4n) is 3.41. The van der Waals surface area contributed by atoms with Crippen molar-refractivity contribution in [2.45, 2.75) is 44.4 Å². The Morgan fingerprint density at radius 2 is 1.97 bits per heavy atom. The smallest absolute Gasteiger partial charge is 0.223 e. The van der Waals surface area contributed by atoms with E-state index in [1.165, 1.54) is 18.3 Å². The summed E-state index contributed by atoms with van der Waals surface area (Å²) in [6.45, 7) is 6.00. The predicted molar refractivity (Wildman–Crippen MR) is 139 cm³/mol. The second kappa shape index (κ2) is 12.7. The van der Waals surface area contributed by atoms with Crippen LogP contribution in [0.2, 0.25) is 0 Å². The zero-order chi connectivity index (χ0) is 27.0. The zero-order valence-corrected chi connectivity index (χ0v) is 22.4. The van der Waals surface area contributed by atoms with Crippen molar-refractivity contribution in [2.24, 2.45) is 0 Å². The molecule has 0 spiro atoms. The molecular formula is C26H33N3O7S. The minimum atomic E-state index is -3.43. The van der Waals surface area contributed by atoms with Gasteiger partial charge in [-0.15, -0.1) is 0 Å². The Labute approximate surface area is 217 Å². The van der Waals surface area contributed by atoms with Crippen LogP contribution in [0.1, 0.15) is 32.9 Å². The molecule has 3 heterocycles. The van der Waals surface area contributed by atoms with E-state index in [0.29, 0.717) is 41.7 Å². The fourth-order valence-corrected chi connectivity index (χ4v) is 3.97. The van der Waals surface area contributed by atoms with Crippen molar-refractivity contribution in [3.8, 4) is 28.8 Å². The summed E-state index contributed by atoms with van der Waals surface area (Å²) in [5, 5.41) is 9.45. The molecule has 0 aliphatic heterocycles. The number of allylic oxidation sites excluding steroid dienone is 1.